The molecule has 3 rings (SSSR count). The van der Waals surface area contributed by atoms with Crippen LogP contribution in [0.2, 0.25) is 0 Å². The van der Waals surface area contributed by atoms with Gasteiger partial charge >= 0.3 is 0 Å². The standard InChI is InChI=1S/C16H18FNO3/c17-14-10-12(16(18-11-19)6-1-7-16)2-3-15(14)21-13-4-8-20-9-5-13/h2-3,10,13H,1,4-9H2. The van der Waals surface area contributed by atoms with Crippen LogP contribution in [0.1, 0.15) is 37.7 Å². The van der Waals surface area contributed by atoms with Crippen molar-refractivity contribution in [3.05, 3.63) is 29.6 Å². The Balaban J connectivity index is 1.77. The van der Waals surface area contributed by atoms with Crippen molar-refractivity contribution < 1.29 is 18.7 Å². The van der Waals surface area contributed by atoms with Crippen molar-refractivity contribution in [2.45, 2.75) is 43.7 Å². The summed E-state index contributed by atoms with van der Waals surface area (Å²) < 4.78 is 25.2. The van der Waals surface area contributed by atoms with Crippen LogP contribution in [-0.2, 0) is 15.1 Å². The van der Waals surface area contributed by atoms with Crippen LogP contribution in [0, 0.1) is 5.82 Å². The van der Waals surface area contributed by atoms with Gasteiger partial charge in [0.25, 0.3) is 0 Å². The highest BCUT2D eigenvalue weighted by molar-refractivity contribution is 5.41. The monoisotopic (exact) mass is 291 g/mol. The zero-order valence-corrected chi connectivity index (χ0v) is 11.8. The predicted octanol–water partition coefficient (Wildman–Crippen LogP) is 3.10. The van der Waals surface area contributed by atoms with Gasteiger partial charge in [-0.2, -0.15) is 4.99 Å². The summed E-state index contributed by atoms with van der Waals surface area (Å²) in [7, 11) is 0. The Morgan fingerprint density at radius 1 is 1.33 bits per heavy atom. The van der Waals surface area contributed by atoms with Crippen LogP contribution in [0.15, 0.2) is 23.2 Å². The van der Waals surface area contributed by atoms with Crippen LogP contribution < -0.4 is 4.74 Å². The zero-order chi connectivity index (χ0) is 14.7. The molecule has 0 radical (unpaired) electrons. The van der Waals surface area contributed by atoms with Crippen LogP contribution >= 0.6 is 0 Å². The second-order valence-corrected chi connectivity index (χ2v) is 5.66. The van der Waals surface area contributed by atoms with E-state index in [0.29, 0.717) is 13.2 Å². The summed E-state index contributed by atoms with van der Waals surface area (Å²) in [6, 6.07) is 4.88. The molecule has 5 heteroatoms. The number of hydrogen-bond acceptors (Lipinski definition) is 4. The van der Waals surface area contributed by atoms with Crippen LogP contribution in [0.5, 0.6) is 5.75 Å². The van der Waals surface area contributed by atoms with Gasteiger partial charge in [0, 0.05) is 12.8 Å². The number of benzene rings is 1. The van der Waals surface area contributed by atoms with Gasteiger partial charge in [-0.15, -0.1) is 0 Å². The average Bonchev–Trinajstić information content (AvgIpc) is 2.46. The van der Waals surface area contributed by atoms with Gasteiger partial charge in [0.2, 0.25) is 6.08 Å². The van der Waals surface area contributed by atoms with E-state index in [0.717, 1.165) is 37.7 Å². The van der Waals surface area contributed by atoms with Crippen LogP contribution in [-0.4, -0.2) is 25.4 Å². The minimum Gasteiger partial charge on any atom is -0.487 e. The van der Waals surface area contributed by atoms with E-state index >= 15 is 0 Å². The Labute approximate surface area is 123 Å². The largest absolute Gasteiger partial charge is 0.487 e. The summed E-state index contributed by atoms with van der Waals surface area (Å²) in [4.78, 5) is 14.5. The molecule has 1 saturated carbocycles. The van der Waals surface area contributed by atoms with E-state index in [2.05, 4.69) is 4.99 Å². The molecule has 0 atom stereocenters. The first kappa shape index (κ1) is 14.2. The van der Waals surface area contributed by atoms with Gasteiger partial charge in [-0.25, -0.2) is 9.18 Å². The predicted molar refractivity (Wildman–Crippen MR) is 74.5 cm³/mol. The Morgan fingerprint density at radius 3 is 2.67 bits per heavy atom. The third-order valence-corrected chi connectivity index (χ3v) is 4.37. The lowest BCUT2D eigenvalue weighted by Crippen LogP contribution is -2.32. The molecule has 1 aromatic rings. The topological polar surface area (TPSA) is 47.9 Å². The van der Waals surface area contributed by atoms with E-state index in [4.69, 9.17) is 9.47 Å². The lowest BCUT2D eigenvalue weighted by Gasteiger charge is -2.37. The molecule has 2 aliphatic rings. The van der Waals surface area contributed by atoms with Crippen LogP contribution in [0.3, 0.4) is 0 Å². The highest BCUT2D eigenvalue weighted by Gasteiger charge is 2.39. The van der Waals surface area contributed by atoms with E-state index in [1.54, 1.807) is 18.2 Å². The Morgan fingerprint density at radius 2 is 2.10 bits per heavy atom. The first-order valence-corrected chi connectivity index (χ1v) is 7.37. The van der Waals surface area contributed by atoms with E-state index in [-0.39, 0.29) is 11.9 Å². The fraction of sp³-hybridized carbons (Fsp3) is 0.562. The number of hydrogen-bond donors (Lipinski definition) is 0. The van der Waals surface area contributed by atoms with E-state index < -0.39 is 11.4 Å². The summed E-state index contributed by atoms with van der Waals surface area (Å²) in [5, 5.41) is 0. The molecule has 21 heavy (non-hydrogen) atoms. The second kappa shape index (κ2) is 5.96. The summed E-state index contributed by atoms with van der Waals surface area (Å²) in [5.74, 6) is -0.137. The third kappa shape index (κ3) is 2.85. The van der Waals surface area contributed by atoms with Crippen LogP contribution in [0.25, 0.3) is 0 Å². The first-order chi connectivity index (χ1) is 10.2. The number of isocyanates is 1. The molecule has 0 aromatic heterocycles. The molecule has 0 amide bonds. The average molecular weight is 291 g/mol. The minimum absolute atomic E-state index is 0.00441. The van der Waals surface area contributed by atoms with Crippen molar-refractivity contribution >= 4 is 6.08 Å². The fourth-order valence-electron chi connectivity index (χ4n) is 2.92. The van der Waals surface area contributed by atoms with Gasteiger partial charge in [0.15, 0.2) is 11.6 Å². The highest BCUT2D eigenvalue weighted by Crippen LogP contribution is 2.45. The van der Waals surface area contributed by atoms with Crippen molar-refractivity contribution in [1.82, 2.24) is 0 Å². The molecule has 0 spiro atoms. The van der Waals surface area contributed by atoms with Gasteiger partial charge < -0.3 is 9.47 Å². The lowest BCUT2D eigenvalue weighted by atomic mass is 9.72. The SMILES string of the molecule is O=C=NC1(c2ccc(OC3CCOCC3)c(F)c2)CCC1. The molecular weight excluding hydrogens is 273 g/mol. The van der Waals surface area contributed by atoms with Gasteiger partial charge in [0.05, 0.1) is 18.8 Å². The number of rotatable bonds is 4. The molecule has 112 valence electrons. The fourth-order valence-corrected chi connectivity index (χ4v) is 2.92. The molecule has 0 N–H and O–H groups in total. The molecule has 1 saturated heterocycles. The van der Waals surface area contributed by atoms with E-state index in [1.165, 1.54) is 6.07 Å². The quantitative estimate of drug-likeness (QED) is 0.632. The maximum atomic E-state index is 14.2. The number of carbonyl (C=O) groups excluding carboxylic acids is 1. The highest BCUT2D eigenvalue weighted by atomic mass is 19.1. The Bertz CT molecular complexity index is 559. The lowest BCUT2D eigenvalue weighted by molar-refractivity contribution is 0.0240. The van der Waals surface area contributed by atoms with Crippen molar-refractivity contribution in [3.8, 4) is 5.75 Å². The van der Waals surface area contributed by atoms with Crippen LogP contribution in [0.4, 0.5) is 4.39 Å². The molecule has 4 nitrogen and oxygen atoms in total. The van der Waals surface area contributed by atoms with Gasteiger partial charge in [-0.1, -0.05) is 6.07 Å². The molecule has 1 heterocycles. The van der Waals surface area contributed by atoms with E-state index in [1.807, 2.05) is 0 Å². The van der Waals surface area contributed by atoms with Crippen molar-refractivity contribution in [2.75, 3.05) is 13.2 Å². The summed E-state index contributed by atoms with van der Waals surface area (Å²) in [5.41, 5.74) is 0.161. The maximum Gasteiger partial charge on any atom is 0.235 e. The number of aliphatic imine (C=N–C) groups is 1. The molecule has 0 bridgehead atoms. The normalized spacial score (nSPS) is 21.2. The van der Waals surface area contributed by atoms with Crippen molar-refractivity contribution in [1.29, 1.82) is 0 Å². The van der Waals surface area contributed by atoms with E-state index in [9.17, 15) is 9.18 Å². The summed E-state index contributed by atoms with van der Waals surface area (Å²) in [6.45, 7) is 1.31. The number of nitrogens with zero attached hydrogens (tertiary/aromatic N) is 1. The van der Waals surface area contributed by atoms with Crippen molar-refractivity contribution in [2.24, 2.45) is 4.99 Å². The molecule has 1 aliphatic carbocycles. The Kier molecular flexibility index (Phi) is 4.04. The second-order valence-electron chi connectivity index (χ2n) is 5.66. The maximum absolute atomic E-state index is 14.2. The molecule has 2 fully saturated rings. The summed E-state index contributed by atoms with van der Waals surface area (Å²) in [6.07, 6.45) is 5.70. The van der Waals surface area contributed by atoms with Gasteiger partial charge in [0.1, 0.15) is 6.10 Å². The smallest absolute Gasteiger partial charge is 0.235 e. The molecule has 1 aliphatic heterocycles. The minimum atomic E-state index is -0.570. The van der Waals surface area contributed by atoms with Gasteiger partial charge in [-0.05, 0) is 37.0 Å². The number of halogens is 1. The first-order valence-electron chi connectivity index (χ1n) is 7.37. The number of ether oxygens (including phenoxy) is 2. The van der Waals surface area contributed by atoms with Crippen molar-refractivity contribution in [3.63, 3.8) is 0 Å². The molecule has 0 unspecified atom stereocenters. The third-order valence-electron chi connectivity index (χ3n) is 4.37. The zero-order valence-electron chi connectivity index (χ0n) is 11.8. The summed E-state index contributed by atoms with van der Waals surface area (Å²) >= 11 is 0. The van der Waals surface area contributed by atoms with Gasteiger partial charge in [-0.3, -0.25) is 0 Å². The molecule has 1 aromatic carbocycles. The Hall–Kier alpha value is -1.71. The molecular formula is C16H18FNO3.